The van der Waals surface area contributed by atoms with Gasteiger partial charge in [0.05, 0.1) is 6.20 Å². The van der Waals surface area contributed by atoms with Gasteiger partial charge in [0.1, 0.15) is 10.6 Å². The van der Waals surface area contributed by atoms with Crippen LogP contribution < -0.4 is 9.88 Å². The fourth-order valence-electron chi connectivity index (χ4n) is 1.25. The van der Waals surface area contributed by atoms with E-state index in [4.69, 9.17) is 9.88 Å². The molecule has 0 aliphatic heterocycles. The van der Waals surface area contributed by atoms with Crippen LogP contribution in [0.15, 0.2) is 47.5 Å². The van der Waals surface area contributed by atoms with Crippen LogP contribution in [-0.2, 0) is 10.0 Å². The second kappa shape index (κ2) is 5.21. The van der Waals surface area contributed by atoms with E-state index < -0.39 is 10.0 Å². The predicted octanol–water partition coefficient (Wildman–Crippen LogP) is 2.13. The van der Waals surface area contributed by atoms with Gasteiger partial charge in [-0.15, -0.1) is 0 Å². The minimum Gasteiger partial charge on any atom is -0.439 e. The van der Waals surface area contributed by atoms with Gasteiger partial charge in [-0.2, -0.15) is 0 Å². The van der Waals surface area contributed by atoms with Crippen LogP contribution in [0.2, 0.25) is 0 Å². The maximum atomic E-state index is 11.0. The molecule has 1 aromatic carbocycles. The summed E-state index contributed by atoms with van der Waals surface area (Å²) < 4.78 is 28.6. The van der Waals surface area contributed by atoms with Crippen molar-refractivity contribution in [3.8, 4) is 11.6 Å². The zero-order valence-electron chi connectivity index (χ0n) is 9.08. The number of halogens is 1. The van der Waals surface area contributed by atoms with Crippen LogP contribution in [0.1, 0.15) is 0 Å². The highest BCUT2D eigenvalue weighted by Crippen LogP contribution is 2.21. The Morgan fingerprint density at radius 2 is 2.00 bits per heavy atom. The lowest BCUT2D eigenvalue weighted by atomic mass is 10.3. The molecule has 7 heteroatoms. The van der Waals surface area contributed by atoms with Gasteiger partial charge in [0.25, 0.3) is 0 Å². The normalized spacial score (nSPS) is 11.2. The minimum atomic E-state index is -3.72. The summed E-state index contributed by atoms with van der Waals surface area (Å²) in [6.45, 7) is 0. The van der Waals surface area contributed by atoms with Gasteiger partial charge in [-0.25, -0.2) is 18.5 Å². The Labute approximate surface area is 118 Å². The molecule has 0 aliphatic rings. The summed E-state index contributed by atoms with van der Waals surface area (Å²) in [6, 6.07) is 10.2. The van der Waals surface area contributed by atoms with Gasteiger partial charge < -0.3 is 4.74 Å². The molecule has 2 N–H and O–H groups in total. The number of benzene rings is 1. The molecule has 94 valence electrons. The number of rotatable bonds is 3. The molecule has 0 aliphatic carbocycles. The first-order chi connectivity index (χ1) is 8.45. The van der Waals surface area contributed by atoms with Gasteiger partial charge >= 0.3 is 0 Å². The van der Waals surface area contributed by atoms with E-state index in [1.54, 1.807) is 6.07 Å². The van der Waals surface area contributed by atoms with Crippen molar-refractivity contribution in [3.63, 3.8) is 0 Å². The molecule has 0 atom stereocenters. The molecule has 1 heterocycles. The Balaban J connectivity index is 2.21. The Kier molecular flexibility index (Phi) is 3.83. The van der Waals surface area contributed by atoms with Crippen molar-refractivity contribution in [2.75, 3.05) is 0 Å². The first-order valence-corrected chi connectivity index (χ1v) is 7.50. The number of hydrogen-bond acceptors (Lipinski definition) is 4. The van der Waals surface area contributed by atoms with E-state index in [0.29, 0.717) is 11.6 Å². The average Bonchev–Trinajstić information content (AvgIpc) is 2.28. The molecular formula is C11H9IN2O3S. The van der Waals surface area contributed by atoms with Crippen molar-refractivity contribution in [2.24, 2.45) is 5.14 Å². The first kappa shape index (κ1) is 13.2. The van der Waals surface area contributed by atoms with Crippen molar-refractivity contribution in [3.05, 3.63) is 46.2 Å². The highest BCUT2D eigenvalue weighted by molar-refractivity contribution is 14.1. The van der Waals surface area contributed by atoms with Crippen LogP contribution in [0.4, 0.5) is 0 Å². The molecule has 0 unspecified atom stereocenters. The van der Waals surface area contributed by atoms with Crippen molar-refractivity contribution >= 4 is 32.6 Å². The largest absolute Gasteiger partial charge is 0.439 e. The monoisotopic (exact) mass is 376 g/mol. The first-order valence-electron chi connectivity index (χ1n) is 4.87. The summed E-state index contributed by atoms with van der Waals surface area (Å²) in [7, 11) is -3.72. The van der Waals surface area contributed by atoms with Crippen molar-refractivity contribution in [2.45, 2.75) is 4.90 Å². The third-order valence-corrected chi connectivity index (χ3v) is 3.63. The molecule has 0 saturated carbocycles. The Morgan fingerprint density at radius 3 is 2.56 bits per heavy atom. The van der Waals surface area contributed by atoms with Crippen LogP contribution in [0.3, 0.4) is 0 Å². The van der Waals surface area contributed by atoms with Gasteiger partial charge in [-0.1, -0.05) is 6.07 Å². The fourth-order valence-corrected chi connectivity index (χ4v) is 2.22. The Bertz CT molecular complexity index is 656. The molecule has 1 aromatic heterocycles. The number of hydrogen-bond donors (Lipinski definition) is 1. The summed E-state index contributed by atoms with van der Waals surface area (Å²) in [5.41, 5.74) is 0. The van der Waals surface area contributed by atoms with Gasteiger partial charge in [0.15, 0.2) is 0 Å². The number of sulfonamides is 1. The van der Waals surface area contributed by atoms with E-state index in [2.05, 4.69) is 27.6 Å². The fraction of sp³-hybridized carbons (Fsp3) is 0. The summed E-state index contributed by atoms with van der Waals surface area (Å²) in [6.07, 6.45) is 1.17. The van der Waals surface area contributed by atoms with Crippen molar-refractivity contribution < 1.29 is 13.2 Å². The minimum absolute atomic E-state index is 0.0440. The summed E-state index contributed by atoms with van der Waals surface area (Å²) in [4.78, 5) is 3.84. The number of aromatic nitrogens is 1. The van der Waals surface area contributed by atoms with Crippen LogP contribution in [0.25, 0.3) is 0 Å². The van der Waals surface area contributed by atoms with Crippen LogP contribution >= 0.6 is 22.6 Å². The zero-order chi connectivity index (χ0) is 13.2. The lowest BCUT2D eigenvalue weighted by molar-refractivity contribution is 0.461. The third kappa shape index (κ3) is 3.40. The summed E-state index contributed by atoms with van der Waals surface area (Å²) in [5, 5.41) is 4.97. The van der Waals surface area contributed by atoms with Crippen molar-refractivity contribution in [1.29, 1.82) is 0 Å². The Hall–Kier alpha value is -1.19. The van der Waals surface area contributed by atoms with E-state index >= 15 is 0 Å². The smallest absolute Gasteiger partial charge is 0.239 e. The highest BCUT2D eigenvalue weighted by atomic mass is 127. The molecular weight excluding hydrogens is 367 g/mol. The van der Waals surface area contributed by atoms with Crippen LogP contribution in [0, 0.1) is 3.57 Å². The molecule has 2 aromatic rings. The standard InChI is InChI=1S/C11H9IN2O3S/c12-8-2-1-3-9(6-8)17-11-5-4-10(7-14-11)18(13,15)16/h1-7H,(H2,13,15,16). The Morgan fingerprint density at radius 1 is 1.22 bits per heavy atom. The average molecular weight is 376 g/mol. The van der Waals surface area contributed by atoms with Gasteiger partial charge in [0, 0.05) is 9.64 Å². The number of primary sulfonamides is 1. The topological polar surface area (TPSA) is 82.3 Å². The van der Waals surface area contributed by atoms with Gasteiger partial charge in [-0.05, 0) is 46.9 Å². The maximum absolute atomic E-state index is 11.0. The lowest BCUT2D eigenvalue weighted by Crippen LogP contribution is -2.12. The quantitative estimate of drug-likeness (QED) is 0.833. The van der Waals surface area contributed by atoms with Gasteiger partial charge in [0.2, 0.25) is 15.9 Å². The van der Waals surface area contributed by atoms with E-state index in [1.165, 1.54) is 18.3 Å². The van der Waals surface area contributed by atoms with Gasteiger partial charge in [-0.3, -0.25) is 0 Å². The molecule has 0 amide bonds. The number of nitrogens with two attached hydrogens (primary N) is 1. The number of pyridine rings is 1. The molecule has 0 radical (unpaired) electrons. The van der Waals surface area contributed by atoms with Crippen LogP contribution in [-0.4, -0.2) is 13.4 Å². The highest BCUT2D eigenvalue weighted by Gasteiger charge is 2.08. The molecule has 5 nitrogen and oxygen atoms in total. The third-order valence-electron chi connectivity index (χ3n) is 2.06. The molecule has 0 spiro atoms. The number of ether oxygens (including phenoxy) is 1. The van der Waals surface area contributed by atoms with E-state index in [1.807, 2.05) is 18.2 Å². The maximum Gasteiger partial charge on any atom is 0.239 e. The molecule has 18 heavy (non-hydrogen) atoms. The predicted molar refractivity (Wildman–Crippen MR) is 74.8 cm³/mol. The molecule has 0 bridgehead atoms. The van der Waals surface area contributed by atoms with E-state index in [-0.39, 0.29) is 4.90 Å². The molecule has 0 saturated heterocycles. The zero-order valence-corrected chi connectivity index (χ0v) is 12.1. The summed E-state index contributed by atoms with van der Waals surface area (Å²) >= 11 is 2.17. The lowest BCUT2D eigenvalue weighted by Gasteiger charge is -2.05. The van der Waals surface area contributed by atoms with E-state index in [9.17, 15) is 8.42 Å². The molecule has 0 fully saturated rings. The van der Waals surface area contributed by atoms with E-state index in [0.717, 1.165) is 3.57 Å². The SMILES string of the molecule is NS(=O)(=O)c1ccc(Oc2cccc(I)c2)nc1. The second-order valence-corrected chi connectivity index (χ2v) is 6.24. The summed E-state index contributed by atoms with van der Waals surface area (Å²) in [5.74, 6) is 0.946. The van der Waals surface area contributed by atoms with Crippen LogP contribution in [0.5, 0.6) is 11.6 Å². The molecule has 2 rings (SSSR count). The second-order valence-electron chi connectivity index (χ2n) is 3.44. The van der Waals surface area contributed by atoms with Crippen molar-refractivity contribution in [1.82, 2.24) is 4.98 Å². The number of nitrogens with zero attached hydrogens (tertiary/aromatic N) is 1.